The van der Waals surface area contributed by atoms with E-state index in [4.69, 9.17) is 0 Å². The molecule has 1 nitrogen and oxygen atoms in total. The van der Waals surface area contributed by atoms with Crippen molar-refractivity contribution in [3.05, 3.63) is 172 Å². The van der Waals surface area contributed by atoms with E-state index in [9.17, 15) is 0 Å². The van der Waals surface area contributed by atoms with Gasteiger partial charge in [-0.15, -0.1) is 0 Å². The fourth-order valence-electron chi connectivity index (χ4n) is 5.10. The van der Waals surface area contributed by atoms with Gasteiger partial charge in [-0.2, -0.15) is 0 Å². The molecule has 6 aromatic rings. The third kappa shape index (κ3) is 6.51. The number of fused-ring (bicyclic) bond motifs is 3. The second kappa shape index (κ2) is 12.9. The largest absolute Gasteiger partial charge is 0.310 e. The predicted octanol–water partition coefficient (Wildman–Crippen LogP) is 12.1. The molecule has 1 aliphatic carbocycles. The Kier molecular flexibility index (Phi) is 8.71. The van der Waals surface area contributed by atoms with Gasteiger partial charge in [0, 0.05) is 35.8 Å². The van der Waals surface area contributed by atoms with E-state index < -0.39 is 0 Å². The third-order valence-electron chi connectivity index (χ3n) is 6.89. The number of para-hydroxylation sites is 2. The molecule has 0 aromatic heterocycles. The lowest BCUT2D eigenvalue weighted by Crippen LogP contribution is -2.09. The Balaban J connectivity index is 0.000000180. The van der Waals surface area contributed by atoms with E-state index in [0.29, 0.717) is 0 Å². The number of nitrogens with zero attached hydrogens (tertiary/aromatic N) is 1. The van der Waals surface area contributed by atoms with Crippen LogP contribution in [0.15, 0.2) is 170 Å². The van der Waals surface area contributed by atoms with Gasteiger partial charge in [0.25, 0.3) is 0 Å². The highest BCUT2D eigenvalue weighted by atomic mass is 79.9. The maximum Gasteiger partial charge on any atom is 0.0484 e. The number of hydrogen-bond donors (Lipinski definition) is 0. The van der Waals surface area contributed by atoms with Gasteiger partial charge in [-0.25, -0.2) is 0 Å². The molecule has 7 rings (SSSR count). The highest BCUT2D eigenvalue weighted by molar-refractivity contribution is 9.10. The van der Waals surface area contributed by atoms with E-state index in [1.807, 2.05) is 18.2 Å². The fourth-order valence-corrected chi connectivity index (χ4v) is 7.29. The standard InChI is InChI=1S/C24H18BrNS.C13H9Br/c25-19-16-22(18-24(17-19)27-23-14-8-3-9-15-23)26(20-10-4-1-5-11-20)21-12-6-2-7-13-21;14-12-7-3-5-10-8-9-4-1-2-6-11(9)13(10)12/h1-18H;1-7H,8H2. The van der Waals surface area contributed by atoms with Crippen molar-refractivity contribution in [2.45, 2.75) is 16.2 Å². The Morgan fingerprint density at radius 3 is 1.76 bits per heavy atom. The molecule has 0 saturated carbocycles. The lowest BCUT2D eigenvalue weighted by molar-refractivity contribution is 1.25. The molecule has 0 amide bonds. The van der Waals surface area contributed by atoms with Crippen LogP contribution in [0.1, 0.15) is 11.1 Å². The van der Waals surface area contributed by atoms with E-state index in [1.165, 1.54) is 36.5 Å². The summed E-state index contributed by atoms with van der Waals surface area (Å²) >= 11 is 9.08. The van der Waals surface area contributed by atoms with Gasteiger partial charge < -0.3 is 4.90 Å². The van der Waals surface area contributed by atoms with E-state index >= 15 is 0 Å². The third-order valence-corrected chi connectivity index (χ3v) is 8.99. The number of rotatable bonds is 5. The first-order valence-corrected chi connectivity index (χ1v) is 15.9. The van der Waals surface area contributed by atoms with Crippen LogP contribution in [0.5, 0.6) is 0 Å². The van der Waals surface area contributed by atoms with Crippen LogP contribution < -0.4 is 4.90 Å². The summed E-state index contributed by atoms with van der Waals surface area (Å²) in [7, 11) is 0. The van der Waals surface area contributed by atoms with Crippen LogP contribution in [-0.2, 0) is 6.42 Å². The quantitative estimate of drug-likeness (QED) is 0.178. The van der Waals surface area contributed by atoms with Gasteiger partial charge in [0.2, 0.25) is 0 Å². The van der Waals surface area contributed by atoms with E-state index in [-0.39, 0.29) is 0 Å². The first-order chi connectivity index (χ1) is 20.2. The van der Waals surface area contributed by atoms with Gasteiger partial charge in [-0.1, -0.05) is 135 Å². The molecule has 0 radical (unpaired) electrons. The Morgan fingerprint density at radius 1 is 0.488 bits per heavy atom. The van der Waals surface area contributed by atoms with Crippen molar-refractivity contribution in [2.75, 3.05) is 4.90 Å². The molecule has 4 heteroatoms. The summed E-state index contributed by atoms with van der Waals surface area (Å²) in [4.78, 5) is 4.70. The normalized spacial score (nSPS) is 11.2. The summed E-state index contributed by atoms with van der Waals surface area (Å²) < 4.78 is 2.27. The average Bonchev–Trinajstić information content (AvgIpc) is 3.39. The van der Waals surface area contributed by atoms with Gasteiger partial charge in [0.1, 0.15) is 0 Å². The zero-order valence-corrected chi connectivity index (χ0v) is 26.2. The number of anilines is 3. The molecule has 0 N–H and O–H groups in total. The molecule has 0 atom stereocenters. The average molecular weight is 678 g/mol. The van der Waals surface area contributed by atoms with E-state index in [0.717, 1.165) is 28.0 Å². The Hall–Kier alpha value is -3.57. The Morgan fingerprint density at radius 2 is 1.07 bits per heavy atom. The van der Waals surface area contributed by atoms with Crippen LogP contribution in [0.2, 0.25) is 0 Å². The smallest absolute Gasteiger partial charge is 0.0484 e. The maximum atomic E-state index is 3.70. The lowest BCUT2D eigenvalue weighted by Gasteiger charge is -2.26. The minimum absolute atomic E-state index is 1.07. The lowest BCUT2D eigenvalue weighted by atomic mass is 10.1. The number of benzene rings is 6. The summed E-state index contributed by atoms with van der Waals surface area (Å²) in [5.74, 6) is 0. The summed E-state index contributed by atoms with van der Waals surface area (Å²) in [6.07, 6.45) is 1.07. The summed E-state index contributed by atoms with van der Waals surface area (Å²) in [5.41, 5.74) is 9.03. The van der Waals surface area contributed by atoms with Gasteiger partial charge in [-0.05, 0) is 89.3 Å². The molecule has 6 aromatic carbocycles. The molecule has 0 heterocycles. The van der Waals surface area contributed by atoms with Crippen molar-refractivity contribution in [1.29, 1.82) is 0 Å². The van der Waals surface area contributed by atoms with Crippen molar-refractivity contribution >= 4 is 60.7 Å². The number of halogens is 2. The van der Waals surface area contributed by atoms with Crippen LogP contribution in [0.3, 0.4) is 0 Å². The molecule has 41 heavy (non-hydrogen) atoms. The molecule has 0 saturated heterocycles. The second-order valence-electron chi connectivity index (χ2n) is 9.67. The molecule has 0 fully saturated rings. The maximum absolute atomic E-state index is 3.70. The molecular weight excluding hydrogens is 650 g/mol. The predicted molar refractivity (Wildman–Crippen MR) is 182 cm³/mol. The van der Waals surface area contributed by atoms with Crippen LogP contribution in [-0.4, -0.2) is 0 Å². The van der Waals surface area contributed by atoms with Gasteiger partial charge in [0.05, 0.1) is 0 Å². The van der Waals surface area contributed by atoms with E-state index in [1.54, 1.807) is 11.8 Å². The van der Waals surface area contributed by atoms with Crippen molar-refractivity contribution in [3.63, 3.8) is 0 Å². The van der Waals surface area contributed by atoms with Crippen molar-refractivity contribution in [1.82, 2.24) is 0 Å². The van der Waals surface area contributed by atoms with Crippen molar-refractivity contribution < 1.29 is 0 Å². The first-order valence-electron chi connectivity index (χ1n) is 13.4. The summed E-state index contributed by atoms with van der Waals surface area (Å²) in [6, 6.07) is 53.0. The minimum atomic E-state index is 1.07. The highest BCUT2D eigenvalue weighted by Gasteiger charge is 2.19. The Bertz CT molecular complexity index is 1720. The van der Waals surface area contributed by atoms with Gasteiger partial charge in [-0.3, -0.25) is 0 Å². The van der Waals surface area contributed by atoms with Crippen LogP contribution >= 0.6 is 43.6 Å². The van der Waals surface area contributed by atoms with Crippen LogP contribution in [0.25, 0.3) is 11.1 Å². The number of hydrogen-bond acceptors (Lipinski definition) is 2. The van der Waals surface area contributed by atoms with Crippen molar-refractivity contribution in [3.8, 4) is 11.1 Å². The van der Waals surface area contributed by atoms with Gasteiger partial charge >= 0.3 is 0 Å². The fraction of sp³-hybridized carbons (Fsp3) is 0.0270. The molecule has 200 valence electrons. The first kappa shape index (κ1) is 27.6. The second-order valence-corrected chi connectivity index (χ2v) is 12.6. The topological polar surface area (TPSA) is 3.24 Å². The summed E-state index contributed by atoms with van der Waals surface area (Å²) in [5, 5.41) is 0. The molecule has 0 unspecified atom stereocenters. The molecule has 1 aliphatic rings. The van der Waals surface area contributed by atoms with Crippen LogP contribution in [0.4, 0.5) is 17.1 Å². The molecular formula is C37H27Br2NS. The zero-order valence-electron chi connectivity index (χ0n) is 22.3. The van der Waals surface area contributed by atoms with Crippen molar-refractivity contribution in [2.24, 2.45) is 0 Å². The van der Waals surface area contributed by atoms with E-state index in [2.05, 4.69) is 170 Å². The highest BCUT2D eigenvalue weighted by Crippen LogP contribution is 2.41. The zero-order chi connectivity index (χ0) is 28.0. The monoisotopic (exact) mass is 675 g/mol. The van der Waals surface area contributed by atoms with Gasteiger partial charge in [0.15, 0.2) is 0 Å². The van der Waals surface area contributed by atoms with Crippen LogP contribution in [0, 0.1) is 0 Å². The summed E-state index contributed by atoms with van der Waals surface area (Å²) in [6.45, 7) is 0. The molecule has 0 bridgehead atoms. The SMILES string of the molecule is Brc1cc(Sc2ccccc2)cc(N(c2ccccc2)c2ccccc2)c1.Brc1cccc2c1-c1ccccc1C2. The Labute approximate surface area is 263 Å². The molecule has 0 aliphatic heterocycles. The molecule has 0 spiro atoms. The minimum Gasteiger partial charge on any atom is -0.310 e.